The van der Waals surface area contributed by atoms with Crippen LogP contribution in [0, 0.1) is 0 Å². The highest BCUT2D eigenvalue weighted by atomic mass is 16.2. The highest BCUT2D eigenvalue weighted by Gasteiger charge is 2.23. The first-order chi connectivity index (χ1) is 9.20. The lowest BCUT2D eigenvalue weighted by Crippen LogP contribution is -2.44. The number of nitrogens with one attached hydrogen (secondary N) is 1. The van der Waals surface area contributed by atoms with Crippen molar-refractivity contribution in [3.05, 3.63) is 0 Å². The summed E-state index contributed by atoms with van der Waals surface area (Å²) in [4.78, 5) is 27.4. The van der Waals surface area contributed by atoms with Crippen LogP contribution in [0.2, 0.25) is 0 Å². The van der Waals surface area contributed by atoms with E-state index in [1.54, 1.807) is 0 Å². The number of nitrogens with zero attached hydrogens (tertiary/aromatic N) is 2. The third-order valence-corrected chi connectivity index (χ3v) is 4.25. The summed E-state index contributed by atoms with van der Waals surface area (Å²) < 4.78 is 0. The van der Waals surface area contributed by atoms with Gasteiger partial charge in [0.2, 0.25) is 11.8 Å². The first kappa shape index (κ1) is 14.3. The molecule has 2 aliphatic heterocycles. The predicted molar refractivity (Wildman–Crippen MR) is 73.7 cm³/mol. The molecule has 2 amide bonds. The van der Waals surface area contributed by atoms with Gasteiger partial charge in [0.1, 0.15) is 0 Å². The molecule has 0 aromatic heterocycles. The normalized spacial score (nSPS) is 21.2. The maximum absolute atomic E-state index is 12.1. The van der Waals surface area contributed by atoms with Crippen molar-refractivity contribution in [2.75, 3.05) is 33.2 Å². The number of carbonyl (C=O) groups excluding carboxylic acids is 2. The maximum Gasteiger partial charge on any atom is 0.222 e. The Balaban J connectivity index is 1.63. The summed E-state index contributed by atoms with van der Waals surface area (Å²) in [5.74, 6) is 0.503. The number of rotatable bonds is 5. The van der Waals surface area contributed by atoms with E-state index in [0.29, 0.717) is 18.9 Å². The highest BCUT2D eigenvalue weighted by molar-refractivity contribution is 5.78. The molecule has 2 saturated heterocycles. The van der Waals surface area contributed by atoms with Crippen molar-refractivity contribution < 1.29 is 9.59 Å². The van der Waals surface area contributed by atoms with Crippen molar-refractivity contribution in [3.8, 4) is 0 Å². The molecule has 108 valence electrons. The standard InChI is InChI=1S/C14H25N3O2/c1-15-12-6-10-17(11-7-12)14(19)5-3-9-16-8-2-4-13(16)18/h12,15H,2-11H2,1H3. The average molecular weight is 267 g/mol. The molecule has 0 aromatic rings. The Morgan fingerprint density at radius 2 is 2.05 bits per heavy atom. The minimum Gasteiger partial charge on any atom is -0.343 e. The summed E-state index contributed by atoms with van der Waals surface area (Å²) in [5.41, 5.74) is 0. The van der Waals surface area contributed by atoms with E-state index in [-0.39, 0.29) is 11.8 Å². The Hall–Kier alpha value is -1.10. The molecular weight excluding hydrogens is 242 g/mol. The van der Waals surface area contributed by atoms with E-state index in [1.807, 2.05) is 16.8 Å². The zero-order valence-corrected chi connectivity index (χ0v) is 11.9. The second-order valence-corrected chi connectivity index (χ2v) is 5.53. The molecule has 1 N–H and O–H groups in total. The van der Waals surface area contributed by atoms with Gasteiger partial charge in [0.05, 0.1) is 0 Å². The molecule has 0 bridgehead atoms. The Labute approximate surface area is 115 Å². The van der Waals surface area contributed by atoms with Crippen molar-refractivity contribution >= 4 is 11.8 Å². The van der Waals surface area contributed by atoms with Gasteiger partial charge in [0.25, 0.3) is 0 Å². The van der Waals surface area contributed by atoms with Gasteiger partial charge in [0.15, 0.2) is 0 Å². The number of hydrogen-bond donors (Lipinski definition) is 1. The molecule has 0 radical (unpaired) electrons. The molecule has 5 nitrogen and oxygen atoms in total. The van der Waals surface area contributed by atoms with Crippen LogP contribution in [0.25, 0.3) is 0 Å². The average Bonchev–Trinajstić information content (AvgIpc) is 2.84. The molecule has 2 heterocycles. The second-order valence-electron chi connectivity index (χ2n) is 5.53. The fourth-order valence-corrected chi connectivity index (χ4v) is 2.94. The molecular formula is C14H25N3O2. The molecule has 2 aliphatic rings. The SMILES string of the molecule is CNC1CCN(C(=O)CCCN2CCCC2=O)CC1. The van der Waals surface area contributed by atoms with Crippen molar-refractivity contribution in [2.45, 2.75) is 44.6 Å². The molecule has 0 saturated carbocycles. The smallest absolute Gasteiger partial charge is 0.222 e. The van der Waals surface area contributed by atoms with Gasteiger partial charge in [-0.3, -0.25) is 9.59 Å². The molecule has 0 unspecified atom stereocenters. The van der Waals surface area contributed by atoms with E-state index in [4.69, 9.17) is 0 Å². The van der Waals surface area contributed by atoms with E-state index in [9.17, 15) is 9.59 Å². The zero-order chi connectivity index (χ0) is 13.7. The van der Waals surface area contributed by atoms with Crippen LogP contribution in [-0.4, -0.2) is 60.9 Å². The van der Waals surface area contributed by atoms with Gasteiger partial charge < -0.3 is 15.1 Å². The van der Waals surface area contributed by atoms with Crippen LogP contribution < -0.4 is 5.32 Å². The largest absolute Gasteiger partial charge is 0.343 e. The minimum atomic E-state index is 0.251. The van der Waals surface area contributed by atoms with E-state index < -0.39 is 0 Å². The van der Waals surface area contributed by atoms with Gasteiger partial charge >= 0.3 is 0 Å². The van der Waals surface area contributed by atoms with E-state index in [0.717, 1.165) is 51.9 Å². The van der Waals surface area contributed by atoms with Gasteiger partial charge in [-0.2, -0.15) is 0 Å². The van der Waals surface area contributed by atoms with Gasteiger partial charge in [-0.05, 0) is 32.7 Å². The first-order valence-corrected chi connectivity index (χ1v) is 7.43. The van der Waals surface area contributed by atoms with Gasteiger partial charge in [0, 0.05) is 45.1 Å². The minimum absolute atomic E-state index is 0.251. The lowest BCUT2D eigenvalue weighted by atomic mass is 10.0. The van der Waals surface area contributed by atoms with Gasteiger partial charge in [-0.25, -0.2) is 0 Å². The van der Waals surface area contributed by atoms with E-state index in [2.05, 4.69) is 5.32 Å². The molecule has 0 aromatic carbocycles. The highest BCUT2D eigenvalue weighted by Crippen LogP contribution is 2.13. The summed E-state index contributed by atoms with van der Waals surface area (Å²) in [6.45, 7) is 3.36. The van der Waals surface area contributed by atoms with Crippen LogP contribution in [0.3, 0.4) is 0 Å². The van der Waals surface area contributed by atoms with Crippen molar-refractivity contribution in [2.24, 2.45) is 0 Å². The lowest BCUT2D eigenvalue weighted by Gasteiger charge is -2.32. The Kier molecular flexibility index (Phi) is 5.19. The molecule has 19 heavy (non-hydrogen) atoms. The fourth-order valence-electron chi connectivity index (χ4n) is 2.94. The molecule has 2 rings (SSSR count). The summed E-state index contributed by atoms with van der Waals surface area (Å²) >= 11 is 0. The van der Waals surface area contributed by atoms with Crippen LogP contribution in [0.1, 0.15) is 38.5 Å². The predicted octanol–water partition coefficient (Wildman–Crippen LogP) is 0.599. The van der Waals surface area contributed by atoms with E-state index in [1.165, 1.54) is 0 Å². The Morgan fingerprint density at radius 1 is 1.32 bits per heavy atom. The third-order valence-electron chi connectivity index (χ3n) is 4.25. The van der Waals surface area contributed by atoms with Crippen molar-refractivity contribution in [1.29, 1.82) is 0 Å². The first-order valence-electron chi connectivity index (χ1n) is 7.43. The zero-order valence-electron chi connectivity index (χ0n) is 11.9. The van der Waals surface area contributed by atoms with Crippen LogP contribution in [0.15, 0.2) is 0 Å². The molecule has 2 fully saturated rings. The molecule has 0 aliphatic carbocycles. The summed E-state index contributed by atoms with van der Waals surface area (Å²) in [7, 11) is 1.98. The quantitative estimate of drug-likeness (QED) is 0.793. The number of likely N-dealkylation sites (tertiary alicyclic amines) is 2. The fraction of sp³-hybridized carbons (Fsp3) is 0.857. The number of hydrogen-bond acceptors (Lipinski definition) is 3. The number of amides is 2. The second kappa shape index (κ2) is 6.89. The summed E-state index contributed by atoms with van der Waals surface area (Å²) in [5, 5.41) is 3.27. The summed E-state index contributed by atoms with van der Waals surface area (Å²) in [6, 6.07) is 0.561. The van der Waals surface area contributed by atoms with Crippen LogP contribution in [0.5, 0.6) is 0 Å². The van der Waals surface area contributed by atoms with Crippen LogP contribution in [-0.2, 0) is 9.59 Å². The molecule has 0 spiro atoms. The topological polar surface area (TPSA) is 52.7 Å². The monoisotopic (exact) mass is 267 g/mol. The number of carbonyl (C=O) groups is 2. The van der Waals surface area contributed by atoms with E-state index >= 15 is 0 Å². The van der Waals surface area contributed by atoms with Crippen LogP contribution >= 0.6 is 0 Å². The lowest BCUT2D eigenvalue weighted by molar-refractivity contribution is -0.133. The van der Waals surface area contributed by atoms with Gasteiger partial charge in [-0.1, -0.05) is 0 Å². The molecule has 0 atom stereocenters. The maximum atomic E-state index is 12.1. The Morgan fingerprint density at radius 3 is 2.63 bits per heavy atom. The molecule has 5 heteroatoms. The summed E-state index contributed by atoms with van der Waals surface area (Å²) in [6.07, 6.45) is 5.14. The number of piperidine rings is 1. The van der Waals surface area contributed by atoms with Crippen molar-refractivity contribution in [1.82, 2.24) is 15.1 Å². The third kappa shape index (κ3) is 3.93. The van der Waals surface area contributed by atoms with Crippen molar-refractivity contribution in [3.63, 3.8) is 0 Å². The van der Waals surface area contributed by atoms with Crippen LogP contribution in [0.4, 0.5) is 0 Å². The Bertz CT molecular complexity index is 325. The van der Waals surface area contributed by atoms with Gasteiger partial charge in [-0.15, -0.1) is 0 Å².